The van der Waals surface area contributed by atoms with Crippen LogP contribution >= 0.6 is 0 Å². The normalized spacial score (nSPS) is 26.1. The van der Waals surface area contributed by atoms with Gasteiger partial charge in [-0.3, -0.25) is 14.7 Å². The minimum atomic E-state index is -0.0560. The van der Waals surface area contributed by atoms with E-state index in [0.717, 1.165) is 18.7 Å². The highest BCUT2D eigenvalue weighted by Gasteiger charge is 2.36. The molecule has 2 saturated heterocycles. The molecule has 0 radical (unpaired) electrons. The molecule has 0 aliphatic carbocycles. The average molecular weight is 274 g/mol. The zero-order valence-corrected chi connectivity index (χ0v) is 11.9. The molecule has 1 aromatic heterocycles. The van der Waals surface area contributed by atoms with Crippen LogP contribution in [0, 0.1) is 0 Å². The van der Waals surface area contributed by atoms with Crippen molar-refractivity contribution in [1.82, 2.24) is 15.2 Å². The van der Waals surface area contributed by atoms with E-state index < -0.39 is 0 Å². The topological polar surface area (TPSA) is 57.3 Å². The third-order valence-electron chi connectivity index (χ3n) is 4.45. The van der Waals surface area contributed by atoms with Gasteiger partial charge in [-0.15, -0.1) is 0 Å². The first-order valence-corrected chi connectivity index (χ1v) is 7.46. The number of pyridine rings is 1. The van der Waals surface area contributed by atoms with E-state index in [1.807, 2.05) is 13.1 Å². The smallest absolute Gasteiger partial charge is 0.270 e. The molecule has 1 amide bonds. The van der Waals surface area contributed by atoms with Crippen molar-refractivity contribution in [3.63, 3.8) is 0 Å². The maximum atomic E-state index is 12.3. The Balaban J connectivity index is 1.66. The first kappa shape index (κ1) is 13.4. The van der Waals surface area contributed by atoms with Gasteiger partial charge < -0.3 is 10.6 Å². The van der Waals surface area contributed by atoms with Gasteiger partial charge in [-0.05, 0) is 37.9 Å². The van der Waals surface area contributed by atoms with Crippen molar-refractivity contribution in [3.8, 4) is 0 Å². The van der Waals surface area contributed by atoms with Crippen molar-refractivity contribution >= 4 is 11.6 Å². The van der Waals surface area contributed by atoms with Crippen molar-refractivity contribution < 1.29 is 4.79 Å². The van der Waals surface area contributed by atoms with E-state index in [2.05, 4.69) is 20.5 Å². The SMILES string of the molecule is CNc1ccnc(C(=O)NC2CCN3CCCCC23)c1. The van der Waals surface area contributed by atoms with Crippen LogP contribution in [0.5, 0.6) is 0 Å². The van der Waals surface area contributed by atoms with Crippen molar-refractivity contribution in [1.29, 1.82) is 0 Å². The zero-order chi connectivity index (χ0) is 13.9. The van der Waals surface area contributed by atoms with Crippen LogP contribution in [-0.2, 0) is 0 Å². The molecule has 3 rings (SSSR count). The Bertz CT molecular complexity index is 491. The lowest BCUT2D eigenvalue weighted by Crippen LogP contribution is -2.46. The summed E-state index contributed by atoms with van der Waals surface area (Å²) < 4.78 is 0. The van der Waals surface area contributed by atoms with Crippen LogP contribution in [0.3, 0.4) is 0 Å². The van der Waals surface area contributed by atoms with Gasteiger partial charge in [0.1, 0.15) is 5.69 Å². The Morgan fingerprint density at radius 2 is 2.25 bits per heavy atom. The quantitative estimate of drug-likeness (QED) is 0.876. The summed E-state index contributed by atoms with van der Waals surface area (Å²) in [5, 5.41) is 6.21. The molecule has 1 aromatic rings. The second kappa shape index (κ2) is 5.79. The van der Waals surface area contributed by atoms with E-state index in [-0.39, 0.29) is 11.9 Å². The van der Waals surface area contributed by atoms with Gasteiger partial charge in [-0.1, -0.05) is 6.42 Å². The minimum Gasteiger partial charge on any atom is -0.388 e. The summed E-state index contributed by atoms with van der Waals surface area (Å²) >= 11 is 0. The molecular formula is C15H22N4O. The Labute approximate surface area is 119 Å². The van der Waals surface area contributed by atoms with Gasteiger partial charge >= 0.3 is 0 Å². The van der Waals surface area contributed by atoms with Gasteiger partial charge in [0.15, 0.2) is 0 Å². The van der Waals surface area contributed by atoms with Gasteiger partial charge in [-0.25, -0.2) is 0 Å². The summed E-state index contributed by atoms with van der Waals surface area (Å²) in [6.45, 7) is 2.30. The summed E-state index contributed by atoms with van der Waals surface area (Å²) in [5.41, 5.74) is 1.40. The van der Waals surface area contributed by atoms with E-state index in [4.69, 9.17) is 0 Å². The molecule has 2 unspecified atom stereocenters. The lowest BCUT2D eigenvalue weighted by molar-refractivity contribution is 0.0910. The lowest BCUT2D eigenvalue weighted by Gasteiger charge is -2.32. The third-order valence-corrected chi connectivity index (χ3v) is 4.45. The predicted molar refractivity (Wildman–Crippen MR) is 78.9 cm³/mol. The number of nitrogens with zero attached hydrogens (tertiary/aromatic N) is 2. The molecule has 2 aliphatic rings. The molecule has 0 bridgehead atoms. The zero-order valence-electron chi connectivity index (χ0n) is 11.9. The number of fused-ring (bicyclic) bond motifs is 1. The van der Waals surface area contributed by atoms with E-state index >= 15 is 0 Å². The van der Waals surface area contributed by atoms with Crippen molar-refractivity contribution in [3.05, 3.63) is 24.0 Å². The molecule has 0 spiro atoms. The fourth-order valence-electron chi connectivity index (χ4n) is 3.37. The molecule has 20 heavy (non-hydrogen) atoms. The second-order valence-corrected chi connectivity index (χ2v) is 5.65. The fourth-order valence-corrected chi connectivity index (χ4v) is 3.37. The first-order chi connectivity index (χ1) is 9.78. The Morgan fingerprint density at radius 1 is 1.35 bits per heavy atom. The number of aromatic nitrogens is 1. The minimum absolute atomic E-state index is 0.0560. The molecule has 3 heterocycles. The number of hydrogen-bond donors (Lipinski definition) is 2. The largest absolute Gasteiger partial charge is 0.388 e. The number of hydrogen-bond acceptors (Lipinski definition) is 4. The molecule has 5 nitrogen and oxygen atoms in total. The Morgan fingerprint density at radius 3 is 3.10 bits per heavy atom. The van der Waals surface area contributed by atoms with E-state index in [1.54, 1.807) is 12.3 Å². The van der Waals surface area contributed by atoms with Crippen LogP contribution in [0.2, 0.25) is 0 Å². The van der Waals surface area contributed by atoms with Gasteiger partial charge in [-0.2, -0.15) is 0 Å². The van der Waals surface area contributed by atoms with Gasteiger partial charge in [0.2, 0.25) is 0 Å². The van der Waals surface area contributed by atoms with Crippen LogP contribution in [0.4, 0.5) is 5.69 Å². The van der Waals surface area contributed by atoms with Gasteiger partial charge in [0.25, 0.3) is 5.91 Å². The summed E-state index contributed by atoms with van der Waals surface area (Å²) in [4.78, 5) is 19.0. The van der Waals surface area contributed by atoms with Crippen LogP contribution < -0.4 is 10.6 Å². The number of piperidine rings is 1. The average Bonchev–Trinajstić information content (AvgIpc) is 2.90. The van der Waals surface area contributed by atoms with E-state index in [0.29, 0.717) is 11.7 Å². The highest BCUT2D eigenvalue weighted by molar-refractivity contribution is 5.93. The number of anilines is 1. The maximum Gasteiger partial charge on any atom is 0.270 e. The number of rotatable bonds is 3. The molecule has 5 heteroatoms. The van der Waals surface area contributed by atoms with Crippen LogP contribution in [-0.4, -0.2) is 48.0 Å². The van der Waals surface area contributed by atoms with Crippen molar-refractivity contribution in [2.45, 2.75) is 37.8 Å². The number of nitrogens with one attached hydrogen (secondary N) is 2. The van der Waals surface area contributed by atoms with Crippen molar-refractivity contribution in [2.75, 3.05) is 25.5 Å². The first-order valence-electron chi connectivity index (χ1n) is 7.46. The highest BCUT2D eigenvalue weighted by Crippen LogP contribution is 2.27. The molecule has 2 fully saturated rings. The molecule has 2 atom stereocenters. The third kappa shape index (κ3) is 2.63. The summed E-state index contributed by atoms with van der Waals surface area (Å²) in [5.74, 6) is -0.0560. The molecular weight excluding hydrogens is 252 g/mol. The molecule has 2 N–H and O–H groups in total. The summed E-state index contributed by atoms with van der Waals surface area (Å²) in [6, 6.07) is 4.46. The summed E-state index contributed by atoms with van der Waals surface area (Å²) in [6.07, 6.45) is 6.50. The molecule has 0 saturated carbocycles. The number of amides is 1. The molecule has 108 valence electrons. The van der Waals surface area contributed by atoms with Crippen LogP contribution in [0.1, 0.15) is 36.2 Å². The molecule has 2 aliphatic heterocycles. The number of carbonyl (C=O) groups is 1. The lowest BCUT2D eigenvalue weighted by atomic mass is 9.99. The Kier molecular flexibility index (Phi) is 3.87. The Hall–Kier alpha value is -1.62. The summed E-state index contributed by atoms with van der Waals surface area (Å²) in [7, 11) is 1.84. The standard InChI is InChI=1S/C15H22N4O/c1-16-11-5-7-17-13(10-11)15(20)18-12-6-9-19-8-3-2-4-14(12)19/h5,7,10,12,14H,2-4,6,8-9H2,1H3,(H,16,17)(H,18,20). The van der Waals surface area contributed by atoms with Gasteiger partial charge in [0.05, 0.1) is 0 Å². The monoisotopic (exact) mass is 274 g/mol. The maximum absolute atomic E-state index is 12.3. The fraction of sp³-hybridized carbons (Fsp3) is 0.600. The number of carbonyl (C=O) groups excluding carboxylic acids is 1. The predicted octanol–water partition coefficient (Wildman–Crippen LogP) is 1.48. The van der Waals surface area contributed by atoms with Crippen LogP contribution in [0.25, 0.3) is 0 Å². The van der Waals surface area contributed by atoms with Crippen LogP contribution in [0.15, 0.2) is 18.3 Å². The highest BCUT2D eigenvalue weighted by atomic mass is 16.2. The van der Waals surface area contributed by atoms with Crippen molar-refractivity contribution in [2.24, 2.45) is 0 Å². The van der Waals surface area contributed by atoms with Gasteiger partial charge in [0, 0.05) is 37.6 Å². The van der Waals surface area contributed by atoms with E-state index in [9.17, 15) is 4.79 Å². The van der Waals surface area contributed by atoms with E-state index in [1.165, 1.54) is 25.8 Å². The second-order valence-electron chi connectivity index (χ2n) is 5.65. The molecule has 0 aromatic carbocycles.